The fourth-order valence-electron chi connectivity index (χ4n) is 2.37. The molecule has 2 heterocycles. The van der Waals surface area contributed by atoms with Crippen LogP contribution in [0.3, 0.4) is 0 Å². The zero-order chi connectivity index (χ0) is 16.4. The second-order valence-electron chi connectivity index (χ2n) is 6.03. The van der Waals surface area contributed by atoms with Gasteiger partial charge >= 0.3 is 0 Å². The Hall–Kier alpha value is -0.420. The third-order valence-corrected chi connectivity index (χ3v) is 7.14. The van der Waals surface area contributed by atoms with Gasteiger partial charge in [-0.15, -0.1) is 35.3 Å². The summed E-state index contributed by atoms with van der Waals surface area (Å²) in [5.41, 5.74) is 0. The third-order valence-electron chi connectivity index (χ3n) is 3.71. The number of aromatic nitrogens is 1. The van der Waals surface area contributed by atoms with Crippen LogP contribution in [-0.4, -0.2) is 54.4 Å². The summed E-state index contributed by atoms with van der Waals surface area (Å²) in [6.07, 6.45) is 1.85. The molecule has 0 aliphatic carbocycles. The molecular formula is C14H25IN4O2S2. The number of halogens is 1. The lowest BCUT2D eigenvalue weighted by Gasteiger charge is -2.39. The van der Waals surface area contributed by atoms with Crippen LogP contribution in [0.25, 0.3) is 0 Å². The first-order valence-corrected chi connectivity index (χ1v) is 9.89. The van der Waals surface area contributed by atoms with Gasteiger partial charge in [-0.1, -0.05) is 0 Å². The van der Waals surface area contributed by atoms with Crippen molar-refractivity contribution < 1.29 is 8.42 Å². The molecule has 0 amide bonds. The van der Waals surface area contributed by atoms with Gasteiger partial charge in [0.15, 0.2) is 15.8 Å². The second kappa shape index (κ2) is 8.11. The number of aliphatic imine (C=N–C) groups is 1. The first-order chi connectivity index (χ1) is 10.2. The van der Waals surface area contributed by atoms with E-state index < -0.39 is 14.6 Å². The van der Waals surface area contributed by atoms with Gasteiger partial charge in [-0.05, 0) is 27.7 Å². The van der Waals surface area contributed by atoms with Crippen LogP contribution in [0.15, 0.2) is 11.2 Å². The Balaban J connectivity index is 0.00000264. The highest BCUT2D eigenvalue weighted by molar-refractivity contribution is 14.0. The summed E-state index contributed by atoms with van der Waals surface area (Å²) in [6.45, 7) is 9.80. The molecule has 132 valence electrons. The summed E-state index contributed by atoms with van der Waals surface area (Å²) in [5.74, 6) is 0.930. The van der Waals surface area contributed by atoms with E-state index in [0.717, 1.165) is 17.5 Å². The quantitative estimate of drug-likeness (QED) is 0.414. The number of hydrogen-bond donors (Lipinski definition) is 1. The standard InChI is InChI=1S/C14H24N4O2S2.HI/c1-5-15-13(17-9-12-16-8-11(2)21-12)18-6-7-22(19,20)14(3,4)10-18;/h8H,5-7,9-10H2,1-4H3,(H,15,17);1H. The van der Waals surface area contributed by atoms with Crippen molar-refractivity contribution in [3.05, 3.63) is 16.1 Å². The molecule has 2 rings (SSSR count). The fraction of sp³-hybridized carbons (Fsp3) is 0.714. The van der Waals surface area contributed by atoms with Crippen LogP contribution < -0.4 is 5.32 Å². The smallest absolute Gasteiger partial charge is 0.194 e. The molecule has 0 radical (unpaired) electrons. The van der Waals surface area contributed by atoms with E-state index in [9.17, 15) is 8.42 Å². The van der Waals surface area contributed by atoms with Gasteiger partial charge in [0, 0.05) is 30.7 Å². The zero-order valence-electron chi connectivity index (χ0n) is 14.0. The van der Waals surface area contributed by atoms with Crippen LogP contribution in [0.5, 0.6) is 0 Å². The SMILES string of the molecule is CCNC(=NCc1ncc(C)s1)N1CCS(=O)(=O)C(C)(C)C1.I. The minimum Gasteiger partial charge on any atom is -0.357 e. The molecule has 1 fully saturated rings. The molecule has 1 saturated heterocycles. The van der Waals surface area contributed by atoms with Gasteiger partial charge in [0.25, 0.3) is 0 Å². The lowest BCUT2D eigenvalue weighted by molar-refractivity contribution is 0.353. The Morgan fingerprint density at radius 3 is 2.74 bits per heavy atom. The molecule has 6 nitrogen and oxygen atoms in total. The van der Waals surface area contributed by atoms with E-state index >= 15 is 0 Å². The lowest BCUT2D eigenvalue weighted by atomic mass is 10.2. The number of nitrogens with one attached hydrogen (secondary N) is 1. The van der Waals surface area contributed by atoms with Gasteiger partial charge in [-0.3, -0.25) is 0 Å². The molecule has 0 spiro atoms. The molecule has 23 heavy (non-hydrogen) atoms. The van der Waals surface area contributed by atoms with Crippen molar-refractivity contribution in [1.29, 1.82) is 0 Å². The summed E-state index contributed by atoms with van der Waals surface area (Å²) in [4.78, 5) is 12.1. The normalized spacial score (nSPS) is 20.0. The maximum Gasteiger partial charge on any atom is 0.194 e. The van der Waals surface area contributed by atoms with Crippen LogP contribution in [-0.2, 0) is 16.4 Å². The van der Waals surface area contributed by atoms with Crippen LogP contribution in [0.4, 0.5) is 0 Å². The molecule has 1 aromatic rings. The van der Waals surface area contributed by atoms with E-state index in [4.69, 9.17) is 0 Å². The largest absolute Gasteiger partial charge is 0.357 e. The molecule has 0 saturated carbocycles. The lowest BCUT2D eigenvalue weighted by Crippen LogP contribution is -2.57. The summed E-state index contributed by atoms with van der Waals surface area (Å²) in [7, 11) is -3.04. The number of sulfone groups is 1. The second-order valence-corrected chi connectivity index (χ2v) is 10.1. The Morgan fingerprint density at radius 1 is 1.52 bits per heavy atom. The van der Waals surface area contributed by atoms with E-state index in [0.29, 0.717) is 19.6 Å². The summed E-state index contributed by atoms with van der Waals surface area (Å²) < 4.78 is 23.5. The number of thiazole rings is 1. The van der Waals surface area contributed by atoms with Gasteiger partial charge in [-0.2, -0.15) is 0 Å². The average molecular weight is 472 g/mol. The Bertz CT molecular complexity index is 655. The van der Waals surface area contributed by atoms with Gasteiger partial charge in [0.2, 0.25) is 0 Å². The van der Waals surface area contributed by atoms with Crippen molar-refractivity contribution in [2.75, 3.05) is 25.4 Å². The van der Waals surface area contributed by atoms with E-state index in [2.05, 4.69) is 15.3 Å². The van der Waals surface area contributed by atoms with Crippen molar-refractivity contribution in [3.63, 3.8) is 0 Å². The predicted molar refractivity (Wildman–Crippen MR) is 107 cm³/mol. The minimum atomic E-state index is -3.04. The Kier molecular flexibility index (Phi) is 7.27. The van der Waals surface area contributed by atoms with E-state index in [-0.39, 0.29) is 29.7 Å². The van der Waals surface area contributed by atoms with E-state index in [1.54, 1.807) is 25.2 Å². The molecule has 1 N–H and O–H groups in total. The van der Waals surface area contributed by atoms with Gasteiger partial charge in [-0.25, -0.2) is 18.4 Å². The highest BCUT2D eigenvalue weighted by atomic mass is 127. The molecule has 0 atom stereocenters. The molecule has 1 aliphatic heterocycles. The first-order valence-electron chi connectivity index (χ1n) is 7.42. The van der Waals surface area contributed by atoms with Crippen molar-refractivity contribution in [2.24, 2.45) is 4.99 Å². The fourth-order valence-corrected chi connectivity index (χ4v) is 4.44. The topological polar surface area (TPSA) is 74.7 Å². The molecule has 9 heteroatoms. The minimum absolute atomic E-state index is 0. The number of rotatable bonds is 3. The molecular weight excluding hydrogens is 447 g/mol. The number of nitrogens with zero attached hydrogens (tertiary/aromatic N) is 3. The van der Waals surface area contributed by atoms with Crippen LogP contribution in [0.2, 0.25) is 0 Å². The number of hydrogen-bond acceptors (Lipinski definition) is 5. The van der Waals surface area contributed by atoms with Crippen molar-refractivity contribution in [3.8, 4) is 0 Å². The molecule has 0 bridgehead atoms. The maximum atomic E-state index is 12.1. The third kappa shape index (κ3) is 5.02. The van der Waals surface area contributed by atoms with Crippen LogP contribution >= 0.6 is 35.3 Å². The Morgan fingerprint density at radius 2 is 2.22 bits per heavy atom. The first kappa shape index (κ1) is 20.6. The highest BCUT2D eigenvalue weighted by Crippen LogP contribution is 2.24. The molecule has 1 aromatic heterocycles. The molecule has 0 aromatic carbocycles. The van der Waals surface area contributed by atoms with Crippen molar-refractivity contribution in [1.82, 2.24) is 15.2 Å². The number of aryl methyl sites for hydroxylation is 1. The van der Waals surface area contributed by atoms with Crippen molar-refractivity contribution >= 4 is 51.1 Å². The van der Waals surface area contributed by atoms with Gasteiger partial charge < -0.3 is 10.2 Å². The molecule has 0 unspecified atom stereocenters. The van der Waals surface area contributed by atoms with Crippen LogP contribution in [0, 0.1) is 6.92 Å². The maximum absolute atomic E-state index is 12.1. The van der Waals surface area contributed by atoms with Gasteiger partial charge in [0.1, 0.15) is 5.01 Å². The molecule has 1 aliphatic rings. The summed E-state index contributed by atoms with van der Waals surface area (Å²) >= 11 is 1.63. The zero-order valence-corrected chi connectivity index (χ0v) is 18.0. The van der Waals surface area contributed by atoms with Gasteiger partial charge in [0.05, 0.1) is 17.0 Å². The monoisotopic (exact) mass is 472 g/mol. The number of guanidine groups is 1. The summed E-state index contributed by atoms with van der Waals surface area (Å²) in [5, 5.41) is 4.22. The van der Waals surface area contributed by atoms with Crippen molar-refractivity contribution in [2.45, 2.75) is 39.0 Å². The van der Waals surface area contributed by atoms with Crippen LogP contribution in [0.1, 0.15) is 30.7 Å². The average Bonchev–Trinajstić information content (AvgIpc) is 2.84. The predicted octanol–water partition coefficient (Wildman–Crippen LogP) is 2.04. The van der Waals surface area contributed by atoms with E-state index in [1.807, 2.05) is 24.9 Å². The summed E-state index contributed by atoms with van der Waals surface area (Å²) in [6, 6.07) is 0. The highest BCUT2D eigenvalue weighted by Gasteiger charge is 2.40. The Labute approximate surface area is 159 Å². The van der Waals surface area contributed by atoms with E-state index in [1.165, 1.54) is 4.88 Å².